The van der Waals surface area contributed by atoms with Gasteiger partial charge in [0.05, 0.1) is 23.6 Å². The summed E-state index contributed by atoms with van der Waals surface area (Å²) < 4.78 is 13.1. The third-order valence-corrected chi connectivity index (χ3v) is 4.34. The summed E-state index contributed by atoms with van der Waals surface area (Å²) in [6.45, 7) is 4.49. The van der Waals surface area contributed by atoms with Gasteiger partial charge < -0.3 is 4.90 Å². The summed E-state index contributed by atoms with van der Waals surface area (Å²) in [5, 5.41) is 0. The Hall–Kier alpha value is -1.92. The Morgan fingerprint density at radius 2 is 2.08 bits per heavy atom. The second-order valence-electron chi connectivity index (χ2n) is 6.66. The molecule has 6 heteroatoms. The topological polar surface area (TPSA) is 45.2 Å². The van der Waals surface area contributed by atoms with Crippen LogP contribution in [0.3, 0.4) is 0 Å². The summed E-state index contributed by atoms with van der Waals surface area (Å²) in [7, 11) is 4.11. The highest BCUT2D eigenvalue weighted by Gasteiger charge is 2.29. The van der Waals surface area contributed by atoms with E-state index in [0.29, 0.717) is 0 Å². The van der Waals surface area contributed by atoms with E-state index in [1.54, 1.807) is 6.07 Å². The lowest BCUT2D eigenvalue weighted by Crippen LogP contribution is -2.26. The molecule has 2 aromatic rings. The summed E-state index contributed by atoms with van der Waals surface area (Å²) in [4.78, 5) is 17.9. The SMILES string of the molecule is Cc1ncc(CN(C)C)c(C2CCCN2Cc2ccc(F)cn2)n1. The number of likely N-dealkylation sites (tertiary alicyclic amines) is 1. The summed E-state index contributed by atoms with van der Waals surface area (Å²) in [6, 6.07) is 3.50. The van der Waals surface area contributed by atoms with Crippen molar-refractivity contribution in [1.82, 2.24) is 24.8 Å². The van der Waals surface area contributed by atoms with Crippen molar-refractivity contribution >= 4 is 0 Å². The lowest BCUT2D eigenvalue weighted by atomic mass is 10.1. The fourth-order valence-corrected chi connectivity index (χ4v) is 3.30. The molecular formula is C18H24FN5. The molecule has 0 bridgehead atoms. The molecule has 0 aliphatic carbocycles. The number of aromatic nitrogens is 3. The van der Waals surface area contributed by atoms with Crippen molar-refractivity contribution in [2.24, 2.45) is 0 Å². The third-order valence-electron chi connectivity index (χ3n) is 4.34. The minimum absolute atomic E-state index is 0.272. The highest BCUT2D eigenvalue weighted by atomic mass is 19.1. The molecule has 5 nitrogen and oxygen atoms in total. The van der Waals surface area contributed by atoms with Crippen molar-refractivity contribution in [2.75, 3.05) is 20.6 Å². The predicted molar refractivity (Wildman–Crippen MR) is 90.7 cm³/mol. The first-order chi connectivity index (χ1) is 11.5. The molecule has 0 N–H and O–H groups in total. The molecule has 0 saturated carbocycles. The van der Waals surface area contributed by atoms with Gasteiger partial charge in [0.1, 0.15) is 11.6 Å². The van der Waals surface area contributed by atoms with Crippen LogP contribution in [-0.2, 0) is 13.1 Å². The quantitative estimate of drug-likeness (QED) is 0.844. The van der Waals surface area contributed by atoms with E-state index in [0.717, 1.165) is 49.7 Å². The van der Waals surface area contributed by atoms with E-state index in [1.165, 1.54) is 17.8 Å². The molecule has 3 rings (SSSR count). The standard InChI is InChI=1S/C18H24FN5/c1-13-20-9-14(11-23(2)3)18(22-13)17-5-4-8-24(17)12-16-7-6-15(19)10-21-16/h6-7,9-10,17H,4-5,8,11-12H2,1-3H3. The van der Waals surface area contributed by atoms with Gasteiger partial charge in [0.25, 0.3) is 0 Å². The van der Waals surface area contributed by atoms with Gasteiger partial charge in [-0.25, -0.2) is 14.4 Å². The van der Waals surface area contributed by atoms with Crippen LogP contribution in [0.4, 0.5) is 4.39 Å². The van der Waals surface area contributed by atoms with Gasteiger partial charge in [0.2, 0.25) is 0 Å². The van der Waals surface area contributed by atoms with E-state index in [1.807, 2.05) is 13.1 Å². The van der Waals surface area contributed by atoms with Gasteiger partial charge in [-0.3, -0.25) is 9.88 Å². The Morgan fingerprint density at radius 1 is 1.25 bits per heavy atom. The van der Waals surface area contributed by atoms with Crippen molar-refractivity contribution in [3.05, 3.63) is 53.1 Å². The molecule has 1 aliphatic rings. The summed E-state index contributed by atoms with van der Waals surface area (Å²) in [5.74, 6) is 0.510. The van der Waals surface area contributed by atoms with Crippen LogP contribution in [0.1, 0.15) is 41.7 Å². The van der Waals surface area contributed by atoms with Crippen molar-refractivity contribution in [1.29, 1.82) is 0 Å². The number of halogens is 1. The number of nitrogens with zero attached hydrogens (tertiary/aromatic N) is 5. The van der Waals surface area contributed by atoms with E-state index in [2.05, 4.69) is 33.9 Å². The summed E-state index contributed by atoms with van der Waals surface area (Å²) in [6.07, 6.45) is 5.45. The van der Waals surface area contributed by atoms with E-state index in [9.17, 15) is 4.39 Å². The molecule has 1 atom stereocenters. The lowest BCUT2D eigenvalue weighted by molar-refractivity contribution is 0.238. The summed E-state index contributed by atoms with van der Waals surface area (Å²) >= 11 is 0. The van der Waals surface area contributed by atoms with Crippen molar-refractivity contribution in [2.45, 2.75) is 38.9 Å². The first-order valence-corrected chi connectivity index (χ1v) is 8.34. The van der Waals surface area contributed by atoms with E-state index >= 15 is 0 Å². The van der Waals surface area contributed by atoms with Crippen LogP contribution in [0.15, 0.2) is 24.5 Å². The molecular weight excluding hydrogens is 305 g/mol. The van der Waals surface area contributed by atoms with Crippen LogP contribution >= 0.6 is 0 Å². The smallest absolute Gasteiger partial charge is 0.141 e. The molecule has 1 saturated heterocycles. The van der Waals surface area contributed by atoms with Crippen LogP contribution < -0.4 is 0 Å². The third kappa shape index (κ3) is 3.94. The molecule has 1 aliphatic heterocycles. The van der Waals surface area contributed by atoms with E-state index in [-0.39, 0.29) is 11.9 Å². The number of hydrogen-bond acceptors (Lipinski definition) is 5. The largest absolute Gasteiger partial charge is 0.305 e. The average Bonchev–Trinajstić information content (AvgIpc) is 2.99. The minimum Gasteiger partial charge on any atom is -0.305 e. The maximum Gasteiger partial charge on any atom is 0.141 e. The molecule has 2 aromatic heterocycles. The summed E-state index contributed by atoms with van der Waals surface area (Å²) in [5.41, 5.74) is 3.19. The average molecular weight is 329 g/mol. The highest BCUT2D eigenvalue weighted by molar-refractivity contribution is 5.22. The monoisotopic (exact) mass is 329 g/mol. The molecule has 0 radical (unpaired) electrons. The second kappa shape index (κ2) is 7.32. The van der Waals surface area contributed by atoms with Crippen LogP contribution in [0.5, 0.6) is 0 Å². The Bertz CT molecular complexity index is 686. The maximum atomic E-state index is 13.1. The van der Waals surface area contributed by atoms with Crippen LogP contribution in [0, 0.1) is 12.7 Å². The molecule has 128 valence electrons. The maximum absolute atomic E-state index is 13.1. The molecule has 0 amide bonds. The lowest BCUT2D eigenvalue weighted by Gasteiger charge is -2.26. The van der Waals surface area contributed by atoms with E-state index in [4.69, 9.17) is 4.98 Å². The number of hydrogen-bond donors (Lipinski definition) is 0. The van der Waals surface area contributed by atoms with Gasteiger partial charge in [-0.05, 0) is 52.5 Å². The Kier molecular flexibility index (Phi) is 5.16. The zero-order valence-electron chi connectivity index (χ0n) is 14.5. The molecule has 3 heterocycles. The molecule has 0 spiro atoms. The van der Waals surface area contributed by atoms with Crippen LogP contribution in [0.2, 0.25) is 0 Å². The molecule has 1 fully saturated rings. The Morgan fingerprint density at radius 3 is 2.79 bits per heavy atom. The van der Waals surface area contributed by atoms with E-state index < -0.39 is 0 Å². The van der Waals surface area contributed by atoms with Crippen LogP contribution in [-0.4, -0.2) is 45.4 Å². The van der Waals surface area contributed by atoms with Crippen molar-refractivity contribution in [3.63, 3.8) is 0 Å². The molecule has 1 unspecified atom stereocenters. The fraction of sp³-hybridized carbons (Fsp3) is 0.500. The minimum atomic E-state index is -0.295. The van der Waals surface area contributed by atoms with Gasteiger partial charge in [-0.15, -0.1) is 0 Å². The number of aryl methyl sites for hydroxylation is 1. The normalized spacial score (nSPS) is 18.5. The van der Waals surface area contributed by atoms with Gasteiger partial charge in [0, 0.05) is 24.8 Å². The molecule has 24 heavy (non-hydrogen) atoms. The fourth-order valence-electron chi connectivity index (χ4n) is 3.30. The number of pyridine rings is 1. The van der Waals surface area contributed by atoms with Crippen molar-refractivity contribution in [3.8, 4) is 0 Å². The predicted octanol–water partition coefficient (Wildman–Crippen LogP) is 2.72. The van der Waals surface area contributed by atoms with Gasteiger partial charge in [0.15, 0.2) is 0 Å². The zero-order valence-corrected chi connectivity index (χ0v) is 14.5. The first-order valence-electron chi connectivity index (χ1n) is 8.34. The van der Waals surface area contributed by atoms with Gasteiger partial charge >= 0.3 is 0 Å². The van der Waals surface area contributed by atoms with Crippen LogP contribution in [0.25, 0.3) is 0 Å². The zero-order chi connectivity index (χ0) is 17.1. The van der Waals surface area contributed by atoms with Gasteiger partial charge in [-0.1, -0.05) is 0 Å². The highest BCUT2D eigenvalue weighted by Crippen LogP contribution is 2.33. The second-order valence-corrected chi connectivity index (χ2v) is 6.66. The van der Waals surface area contributed by atoms with Gasteiger partial charge in [-0.2, -0.15) is 0 Å². The number of rotatable bonds is 5. The Balaban J connectivity index is 1.84. The Labute approximate surface area is 142 Å². The van der Waals surface area contributed by atoms with Crippen molar-refractivity contribution < 1.29 is 4.39 Å². The first kappa shape index (κ1) is 16.9. The molecule has 0 aromatic carbocycles.